The van der Waals surface area contributed by atoms with Gasteiger partial charge in [0, 0.05) is 12.7 Å². The van der Waals surface area contributed by atoms with Crippen LogP contribution in [0, 0.1) is 11.3 Å². The summed E-state index contributed by atoms with van der Waals surface area (Å²) in [5.41, 5.74) is 4.01. The first-order chi connectivity index (χ1) is 14.2. The fourth-order valence-electron chi connectivity index (χ4n) is 3.63. The molecule has 0 saturated carbocycles. The molecule has 0 amide bonds. The lowest BCUT2D eigenvalue weighted by molar-refractivity contribution is 0.149. The summed E-state index contributed by atoms with van der Waals surface area (Å²) >= 11 is 0. The van der Waals surface area contributed by atoms with Crippen molar-refractivity contribution < 1.29 is 4.74 Å². The van der Waals surface area contributed by atoms with Gasteiger partial charge in [0.1, 0.15) is 6.10 Å². The summed E-state index contributed by atoms with van der Waals surface area (Å²) in [7, 11) is 0. The van der Waals surface area contributed by atoms with Crippen molar-refractivity contribution in [1.82, 2.24) is 10.3 Å². The van der Waals surface area contributed by atoms with Crippen molar-refractivity contribution in [2.45, 2.75) is 25.0 Å². The number of benzene rings is 2. The highest BCUT2D eigenvalue weighted by molar-refractivity contribution is 5.54. The molecule has 3 aromatic rings. The van der Waals surface area contributed by atoms with E-state index in [9.17, 15) is 0 Å². The summed E-state index contributed by atoms with van der Waals surface area (Å²) in [6.07, 6.45) is 1.67. The molecule has 1 aliphatic rings. The first-order valence-electron chi connectivity index (χ1n) is 9.88. The molecule has 5 heteroatoms. The normalized spacial score (nSPS) is 17.2. The second kappa shape index (κ2) is 8.76. The van der Waals surface area contributed by atoms with Crippen LogP contribution in [0.25, 0.3) is 0 Å². The number of nitriles is 1. The smallest absolute Gasteiger partial charge is 0.237 e. The topological polar surface area (TPSA) is 70.0 Å². The molecule has 2 heterocycles. The van der Waals surface area contributed by atoms with E-state index in [0.29, 0.717) is 23.9 Å². The van der Waals surface area contributed by atoms with Crippen LogP contribution in [-0.4, -0.2) is 24.2 Å². The van der Waals surface area contributed by atoms with E-state index in [4.69, 9.17) is 10.00 Å². The number of hydrogen-bond donors (Lipinski definition) is 2. The first kappa shape index (κ1) is 19.0. The van der Waals surface area contributed by atoms with E-state index >= 15 is 0 Å². The molecule has 1 aromatic heterocycles. The Morgan fingerprint density at radius 3 is 2.66 bits per heavy atom. The van der Waals surface area contributed by atoms with Gasteiger partial charge in [-0.3, -0.25) is 0 Å². The third-order valence-electron chi connectivity index (χ3n) is 5.31. The molecule has 0 fully saturated rings. The Hall–Kier alpha value is -3.36. The molecule has 0 bridgehead atoms. The van der Waals surface area contributed by atoms with Crippen molar-refractivity contribution in [3.05, 3.63) is 89.6 Å². The monoisotopic (exact) mass is 384 g/mol. The zero-order valence-corrected chi connectivity index (χ0v) is 16.4. The van der Waals surface area contributed by atoms with Crippen LogP contribution in [0.4, 0.5) is 5.69 Å². The van der Waals surface area contributed by atoms with E-state index < -0.39 is 0 Å². The molecule has 0 unspecified atom stereocenters. The number of anilines is 1. The lowest BCUT2D eigenvalue weighted by Gasteiger charge is -2.33. The summed E-state index contributed by atoms with van der Waals surface area (Å²) in [6.45, 7) is 3.68. The van der Waals surface area contributed by atoms with Crippen LogP contribution < -0.4 is 15.4 Å². The number of hydrogen-bond acceptors (Lipinski definition) is 5. The minimum absolute atomic E-state index is 0.0275. The fourth-order valence-corrected chi connectivity index (χ4v) is 3.63. The second-order valence-electron chi connectivity index (χ2n) is 7.32. The molecule has 146 valence electrons. The summed E-state index contributed by atoms with van der Waals surface area (Å²) in [4.78, 5) is 4.37. The van der Waals surface area contributed by atoms with Crippen molar-refractivity contribution in [1.29, 1.82) is 5.26 Å². The van der Waals surface area contributed by atoms with Crippen LogP contribution in [0.15, 0.2) is 72.9 Å². The van der Waals surface area contributed by atoms with Gasteiger partial charge in [0.2, 0.25) is 5.88 Å². The number of ether oxygens (including phenoxy) is 1. The van der Waals surface area contributed by atoms with E-state index in [2.05, 4.69) is 52.9 Å². The third kappa shape index (κ3) is 4.39. The highest BCUT2D eigenvalue weighted by Crippen LogP contribution is 2.31. The van der Waals surface area contributed by atoms with E-state index in [-0.39, 0.29) is 12.1 Å². The largest absolute Gasteiger partial charge is 0.469 e. The Balaban J connectivity index is 1.50. The summed E-state index contributed by atoms with van der Waals surface area (Å²) in [5, 5.41) is 16.1. The average Bonchev–Trinajstić information content (AvgIpc) is 2.79. The van der Waals surface area contributed by atoms with Gasteiger partial charge in [0.05, 0.1) is 29.9 Å². The molecule has 3 atom stereocenters. The molecule has 29 heavy (non-hydrogen) atoms. The Labute approximate surface area is 171 Å². The Kier molecular flexibility index (Phi) is 5.73. The molecule has 0 radical (unpaired) electrons. The zero-order valence-electron chi connectivity index (χ0n) is 16.4. The third-order valence-corrected chi connectivity index (χ3v) is 5.31. The molecule has 0 saturated heterocycles. The minimum atomic E-state index is -0.0760. The van der Waals surface area contributed by atoms with Gasteiger partial charge in [-0.25, -0.2) is 4.98 Å². The average molecular weight is 384 g/mol. The summed E-state index contributed by atoms with van der Waals surface area (Å²) in [5.74, 6) is 0.947. The number of nitrogens with one attached hydrogen (secondary N) is 2. The van der Waals surface area contributed by atoms with Crippen molar-refractivity contribution in [3.63, 3.8) is 0 Å². The van der Waals surface area contributed by atoms with Crippen molar-refractivity contribution in [2.24, 2.45) is 0 Å². The van der Waals surface area contributed by atoms with E-state index in [0.717, 1.165) is 12.2 Å². The fraction of sp³-hybridized carbons (Fsp3) is 0.250. The van der Waals surface area contributed by atoms with Crippen molar-refractivity contribution >= 4 is 5.69 Å². The van der Waals surface area contributed by atoms with Gasteiger partial charge < -0.3 is 15.4 Å². The van der Waals surface area contributed by atoms with Gasteiger partial charge in [-0.1, -0.05) is 49.4 Å². The van der Waals surface area contributed by atoms with Crippen LogP contribution in [0.1, 0.15) is 35.6 Å². The van der Waals surface area contributed by atoms with Crippen LogP contribution in [0.3, 0.4) is 0 Å². The molecule has 0 spiro atoms. The highest BCUT2D eigenvalue weighted by atomic mass is 16.5. The number of pyridine rings is 1. The van der Waals surface area contributed by atoms with Gasteiger partial charge in [0.25, 0.3) is 0 Å². The number of rotatable bonds is 6. The van der Waals surface area contributed by atoms with Gasteiger partial charge >= 0.3 is 0 Å². The number of fused-ring (bicyclic) bond motifs is 1. The quantitative estimate of drug-likeness (QED) is 0.664. The Morgan fingerprint density at radius 1 is 1.10 bits per heavy atom. The highest BCUT2D eigenvalue weighted by Gasteiger charge is 2.29. The van der Waals surface area contributed by atoms with Crippen molar-refractivity contribution in [3.8, 4) is 11.9 Å². The van der Waals surface area contributed by atoms with Gasteiger partial charge in [0.15, 0.2) is 0 Å². The standard InChI is InChI=1S/C24H24N4O/c1-17(19-11-9-18(14-25)10-12-19)15-28-23(20-6-3-2-4-7-20)22-16-27-21-8-5-13-26-24(21)29-22/h2-13,17,22-23,27-28H,15-16H2,1H3/t17-,22-,23+/m0/s1. The molecule has 2 N–H and O–H groups in total. The lowest BCUT2D eigenvalue weighted by atomic mass is 9.96. The lowest BCUT2D eigenvalue weighted by Crippen LogP contribution is -2.43. The number of nitrogens with zero attached hydrogens (tertiary/aromatic N) is 2. The molecule has 0 aliphatic carbocycles. The zero-order chi connectivity index (χ0) is 20.1. The van der Waals surface area contributed by atoms with Crippen LogP contribution in [0.2, 0.25) is 0 Å². The van der Waals surface area contributed by atoms with E-state index in [1.165, 1.54) is 11.1 Å². The molecule has 5 nitrogen and oxygen atoms in total. The maximum atomic E-state index is 9.00. The van der Waals surface area contributed by atoms with Crippen molar-refractivity contribution in [2.75, 3.05) is 18.4 Å². The number of aromatic nitrogens is 1. The minimum Gasteiger partial charge on any atom is -0.469 e. The molecular weight excluding hydrogens is 360 g/mol. The van der Waals surface area contributed by atoms with Crippen LogP contribution in [-0.2, 0) is 0 Å². The second-order valence-corrected chi connectivity index (χ2v) is 7.32. The Bertz CT molecular complexity index is 982. The van der Waals surface area contributed by atoms with Crippen LogP contribution in [0.5, 0.6) is 5.88 Å². The SMILES string of the molecule is C[C@@H](CN[C@H](c1ccccc1)[C@@H]1CNc2cccnc2O1)c1ccc(C#N)cc1. The van der Waals surface area contributed by atoms with Gasteiger partial charge in [-0.2, -0.15) is 5.26 Å². The van der Waals surface area contributed by atoms with Gasteiger partial charge in [-0.15, -0.1) is 0 Å². The predicted molar refractivity (Wildman–Crippen MR) is 114 cm³/mol. The van der Waals surface area contributed by atoms with E-state index in [1.807, 2.05) is 42.5 Å². The maximum absolute atomic E-state index is 9.00. The van der Waals surface area contributed by atoms with Crippen LogP contribution >= 0.6 is 0 Å². The van der Waals surface area contributed by atoms with Gasteiger partial charge in [-0.05, 0) is 41.3 Å². The molecule has 1 aliphatic heterocycles. The summed E-state index contributed by atoms with van der Waals surface area (Å²) < 4.78 is 6.24. The molecular formula is C24H24N4O. The molecule has 4 rings (SSSR count). The Morgan fingerprint density at radius 2 is 1.90 bits per heavy atom. The molecule has 2 aromatic carbocycles. The first-order valence-corrected chi connectivity index (χ1v) is 9.88. The summed E-state index contributed by atoms with van der Waals surface area (Å²) in [6, 6.07) is 24.3. The van der Waals surface area contributed by atoms with E-state index in [1.54, 1.807) is 6.20 Å². The maximum Gasteiger partial charge on any atom is 0.237 e. The predicted octanol–water partition coefficient (Wildman–Crippen LogP) is 4.26.